The van der Waals surface area contributed by atoms with Crippen molar-refractivity contribution in [1.82, 2.24) is 9.29 Å². The Labute approximate surface area is 159 Å². The van der Waals surface area contributed by atoms with Crippen molar-refractivity contribution in [3.05, 3.63) is 58.0 Å². The van der Waals surface area contributed by atoms with Crippen molar-refractivity contribution >= 4 is 47.5 Å². The second-order valence-corrected chi connectivity index (χ2v) is 10.1. The predicted molar refractivity (Wildman–Crippen MR) is 104 cm³/mol. The van der Waals surface area contributed by atoms with Crippen molar-refractivity contribution in [3.8, 4) is 0 Å². The lowest BCUT2D eigenvalue weighted by atomic mass is 10.0. The summed E-state index contributed by atoms with van der Waals surface area (Å²) in [5.74, 6) is 0.163. The second kappa shape index (κ2) is 6.79. The topological polar surface area (TPSA) is 50.3 Å². The summed E-state index contributed by atoms with van der Waals surface area (Å²) in [4.78, 5) is 5.08. The molecule has 4 nitrogen and oxygen atoms in total. The highest BCUT2D eigenvalue weighted by Crippen LogP contribution is 2.34. The van der Waals surface area contributed by atoms with E-state index in [1.54, 1.807) is 39.9 Å². The van der Waals surface area contributed by atoms with Crippen molar-refractivity contribution in [3.63, 3.8) is 0 Å². The van der Waals surface area contributed by atoms with Gasteiger partial charge in [0.1, 0.15) is 0 Å². The molecule has 0 unspecified atom stereocenters. The number of halogens is 1. The van der Waals surface area contributed by atoms with Gasteiger partial charge in [-0.1, -0.05) is 28.1 Å². The van der Waals surface area contributed by atoms with Crippen LogP contribution in [-0.4, -0.2) is 30.8 Å². The average Bonchev–Trinajstić information content (AvgIpc) is 3.06. The number of thiazole rings is 1. The number of rotatable bonds is 3. The SMILES string of the molecule is O=S(=O)(c1ccc(Br)cc1)N1CCC[C@@H](c2nc3ccccc3s2)C1. The molecule has 1 aliphatic heterocycles. The Morgan fingerprint density at radius 1 is 1.12 bits per heavy atom. The molecule has 0 bridgehead atoms. The van der Waals surface area contributed by atoms with Crippen LogP contribution in [-0.2, 0) is 10.0 Å². The lowest BCUT2D eigenvalue weighted by Crippen LogP contribution is -2.39. The molecule has 0 saturated carbocycles. The summed E-state index contributed by atoms with van der Waals surface area (Å²) in [7, 11) is -3.46. The van der Waals surface area contributed by atoms with Gasteiger partial charge in [0, 0.05) is 23.5 Å². The fourth-order valence-corrected chi connectivity index (χ4v) is 6.06. The second-order valence-electron chi connectivity index (χ2n) is 6.18. The van der Waals surface area contributed by atoms with Crippen LogP contribution in [0.15, 0.2) is 57.9 Å². The third-order valence-electron chi connectivity index (χ3n) is 4.50. The molecule has 25 heavy (non-hydrogen) atoms. The van der Waals surface area contributed by atoms with Crippen LogP contribution in [0.4, 0.5) is 0 Å². The monoisotopic (exact) mass is 436 g/mol. The van der Waals surface area contributed by atoms with E-state index in [0.29, 0.717) is 18.0 Å². The first-order chi connectivity index (χ1) is 12.0. The lowest BCUT2D eigenvalue weighted by Gasteiger charge is -2.31. The first-order valence-electron chi connectivity index (χ1n) is 8.15. The molecule has 2 heterocycles. The van der Waals surface area contributed by atoms with E-state index in [1.807, 2.05) is 18.2 Å². The minimum absolute atomic E-state index is 0.163. The number of aromatic nitrogens is 1. The molecule has 0 spiro atoms. The first-order valence-corrected chi connectivity index (χ1v) is 11.2. The van der Waals surface area contributed by atoms with Gasteiger partial charge in [-0.2, -0.15) is 4.31 Å². The summed E-state index contributed by atoms with van der Waals surface area (Å²) in [6, 6.07) is 14.9. The van der Waals surface area contributed by atoms with Crippen molar-refractivity contribution in [2.24, 2.45) is 0 Å². The van der Waals surface area contributed by atoms with Gasteiger partial charge in [-0.3, -0.25) is 0 Å². The highest BCUT2D eigenvalue weighted by atomic mass is 79.9. The number of hydrogen-bond acceptors (Lipinski definition) is 4. The van der Waals surface area contributed by atoms with Crippen LogP contribution in [0.3, 0.4) is 0 Å². The van der Waals surface area contributed by atoms with Crippen LogP contribution < -0.4 is 0 Å². The Bertz CT molecular complexity index is 966. The average molecular weight is 437 g/mol. The van der Waals surface area contributed by atoms with Crippen molar-refractivity contribution in [2.75, 3.05) is 13.1 Å². The molecule has 1 atom stereocenters. The fraction of sp³-hybridized carbons (Fsp3) is 0.278. The zero-order valence-electron chi connectivity index (χ0n) is 13.4. The van der Waals surface area contributed by atoms with Crippen LogP contribution in [0.2, 0.25) is 0 Å². The van der Waals surface area contributed by atoms with E-state index in [1.165, 1.54) is 0 Å². The largest absolute Gasteiger partial charge is 0.243 e. The molecule has 1 aromatic heterocycles. The predicted octanol–water partition coefficient (Wildman–Crippen LogP) is 4.63. The summed E-state index contributed by atoms with van der Waals surface area (Å²) >= 11 is 5.03. The molecule has 0 aliphatic carbocycles. The van der Waals surface area contributed by atoms with Crippen LogP contribution in [0.5, 0.6) is 0 Å². The van der Waals surface area contributed by atoms with Gasteiger partial charge < -0.3 is 0 Å². The molecule has 1 fully saturated rings. The number of para-hydroxylation sites is 1. The zero-order chi connectivity index (χ0) is 17.4. The Morgan fingerprint density at radius 2 is 1.88 bits per heavy atom. The standard InChI is InChI=1S/C18H17BrN2O2S2/c19-14-7-9-15(10-8-14)25(22,23)21-11-3-4-13(12-21)18-20-16-5-1-2-6-17(16)24-18/h1-2,5-10,13H,3-4,11-12H2/t13-/m1/s1. The highest BCUT2D eigenvalue weighted by Gasteiger charge is 2.32. The Hall–Kier alpha value is -1.28. The molecule has 1 aliphatic rings. The van der Waals surface area contributed by atoms with Gasteiger partial charge in [0.2, 0.25) is 10.0 Å². The highest BCUT2D eigenvalue weighted by molar-refractivity contribution is 9.10. The van der Waals surface area contributed by atoms with E-state index in [0.717, 1.165) is 32.5 Å². The molecular weight excluding hydrogens is 420 g/mol. The zero-order valence-corrected chi connectivity index (χ0v) is 16.6. The van der Waals surface area contributed by atoms with Crippen LogP contribution in [0, 0.1) is 0 Å². The molecule has 0 N–H and O–H groups in total. The molecule has 3 aromatic rings. The van der Waals surface area contributed by atoms with Crippen molar-refractivity contribution < 1.29 is 8.42 Å². The number of piperidine rings is 1. The minimum Gasteiger partial charge on any atom is -0.241 e. The van der Waals surface area contributed by atoms with Crippen LogP contribution in [0.1, 0.15) is 23.8 Å². The fourth-order valence-electron chi connectivity index (χ4n) is 3.18. The van der Waals surface area contributed by atoms with Gasteiger partial charge in [-0.05, 0) is 49.2 Å². The van der Waals surface area contributed by atoms with E-state index in [2.05, 4.69) is 22.0 Å². The van der Waals surface area contributed by atoms with E-state index >= 15 is 0 Å². The first kappa shape index (κ1) is 17.1. The van der Waals surface area contributed by atoms with Gasteiger partial charge in [-0.15, -0.1) is 11.3 Å². The van der Waals surface area contributed by atoms with Crippen LogP contribution in [0.25, 0.3) is 10.2 Å². The smallest absolute Gasteiger partial charge is 0.241 e. The van der Waals surface area contributed by atoms with E-state index < -0.39 is 10.0 Å². The van der Waals surface area contributed by atoms with Gasteiger partial charge in [0.15, 0.2) is 0 Å². The number of nitrogens with zero attached hydrogens (tertiary/aromatic N) is 2. The van der Waals surface area contributed by atoms with Gasteiger partial charge >= 0.3 is 0 Å². The van der Waals surface area contributed by atoms with E-state index in [-0.39, 0.29) is 5.92 Å². The molecule has 0 radical (unpaired) electrons. The summed E-state index contributed by atoms with van der Waals surface area (Å²) < 4.78 is 29.5. The van der Waals surface area contributed by atoms with Gasteiger partial charge in [-0.25, -0.2) is 13.4 Å². The molecule has 130 valence electrons. The van der Waals surface area contributed by atoms with Gasteiger partial charge in [0.25, 0.3) is 0 Å². The van der Waals surface area contributed by atoms with E-state index in [9.17, 15) is 8.42 Å². The summed E-state index contributed by atoms with van der Waals surface area (Å²) in [6.45, 7) is 1.07. The molecule has 4 rings (SSSR count). The van der Waals surface area contributed by atoms with E-state index in [4.69, 9.17) is 4.98 Å². The maximum absolute atomic E-state index is 12.9. The maximum atomic E-state index is 12.9. The number of fused-ring (bicyclic) bond motifs is 1. The Kier molecular flexibility index (Phi) is 4.66. The number of benzene rings is 2. The third kappa shape index (κ3) is 3.38. The number of sulfonamides is 1. The minimum atomic E-state index is -3.46. The normalized spacial score (nSPS) is 19.3. The summed E-state index contributed by atoms with van der Waals surface area (Å²) in [6.07, 6.45) is 1.84. The summed E-state index contributed by atoms with van der Waals surface area (Å²) in [5.41, 5.74) is 0.996. The molecule has 7 heteroatoms. The maximum Gasteiger partial charge on any atom is 0.243 e. The van der Waals surface area contributed by atoms with Crippen molar-refractivity contribution in [1.29, 1.82) is 0 Å². The molecule has 1 saturated heterocycles. The molecular formula is C18H17BrN2O2S2. The van der Waals surface area contributed by atoms with Crippen LogP contribution >= 0.6 is 27.3 Å². The Balaban J connectivity index is 1.61. The van der Waals surface area contributed by atoms with Gasteiger partial charge in [0.05, 0.1) is 20.1 Å². The quantitative estimate of drug-likeness (QED) is 0.601. The molecule has 0 amide bonds. The summed E-state index contributed by atoms with van der Waals surface area (Å²) in [5, 5.41) is 1.04. The van der Waals surface area contributed by atoms with Crippen molar-refractivity contribution in [2.45, 2.75) is 23.7 Å². The Morgan fingerprint density at radius 3 is 2.64 bits per heavy atom. The lowest BCUT2D eigenvalue weighted by molar-refractivity contribution is 0.315. The third-order valence-corrected chi connectivity index (χ3v) is 8.10. The number of hydrogen-bond donors (Lipinski definition) is 0. The molecule has 2 aromatic carbocycles.